The van der Waals surface area contributed by atoms with Gasteiger partial charge in [0.05, 0.1) is 12.0 Å². The summed E-state index contributed by atoms with van der Waals surface area (Å²) in [7, 11) is 1.80. The molecule has 0 fully saturated rings. The molecular weight excluding hydrogens is 284 g/mol. The van der Waals surface area contributed by atoms with Crippen molar-refractivity contribution in [3.05, 3.63) is 41.0 Å². The molecule has 0 atom stereocenters. The summed E-state index contributed by atoms with van der Waals surface area (Å²) < 4.78 is 5.85. The quantitative estimate of drug-likeness (QED) is 0.784. The van der Waals surface area contributed by atoms with Gasteiger partial charge in [0, 0.05) is 30.2 Å². The van der Waals surface area contributed by atoms with Crippen LogP contribution in [0.25, 0.3) is 10.2 Å². The lowest BCUT2D eigenvalue weighted by atomic mass is 10.3. The molecule has 5 nitrogen and oxygen atoms in total. The number of anilines is 1. The van der Waals surface area contributed by atoms with Crippen molar-refractivity contribution in [1.29, 1.82) is 0 Å². The number of aromatic nitrogens is 3. The molecule has 3 aromatic rings. The number of nitrogens with zero attached hydrogens (tertiary/aromatic N) is 3. The third-order valence-electron chi connectivity index (χ3n) is 3.03. The van der Waals surface area contributed by atoms with Crippen molar-refractivity contribution in [2.75, 3.05) is 19.0 Å². The summed E-state index contributed by atoms with van der Waals surface area (Å²) in [6.07, 6.45) is 2.55. The SMILES string of the molecule is CNc1nc(OCCc2ccccn2)c2cc(C)sc2n1. The number of fused-ring (bicyclic) bond motifs is 1. The Kier molecular flexibility index (Phi) is 3.96. The zero-order chi connectivity index (χ0) is 14.7. The van der Waals surface area contributed by atoms with Crippen molar-refractivity contribution in [2.45, 2.75) is 13.3 Å². The monoisotopic (exact) mass is 300 g/mol. The summed E-state index contributed by atoms with van der Waals surface area (Å²) >= 11 is 1.64. The summed E-state index contributed by atoms with van der Waals surface area (Å²) in [4.78, 5) is 15.3. The van der Waals surface area contributed by atoms with Gasteiger partial charge < -0.3 is 10.1 Å². The predicted octanol–water partition coefficient (Wildman–Crippen LogP) is 3.06. The standard InChI is InChI=1S/C15H16N4OS/c1-10-9-12-13(18-15(16-2)19-14(12)21-10)20-8-6-11-5-3-4-7-17-11/h3-5,7,9H,6,8H2,1-2H3,(H,16,18,19). The Balaban J connectivity index is 1.79. The Morgan fingerprint density at radius 2 is 2.19 bits per heavy atom. The highest BCUT2D eigenvalue weighted by Gasteiger charge is 2.11. The average Bonchev–Trinajstić information content (AvgIpc) is 2.88. The summed E-state index contributed by atoms with van der Waals surface area (Å²) in [5, 5.41) is 3.94. The van der Waals surface area contributed by atoms with Gasteiger partial charge in [0.25, 0.3) is 0 Å². The van der Waals surface area contributed by atoms with Gasteiger partial charge in [-0.3, -0.25) is 4.98 Å². The van der Waals surface area contributed by atoms with Crippen LogP contribution < -0.4 is 10.1 Å². The van der Waals surface area contributed by atoms with E-state index in [1.54, 1.807) is 24.6 Å². The lowest BCUT2D eigenvalue weighted by molar-refractivity contribution is 0.312. The maximum absolute atomic E-state index is 5.85. The van der Waals surface area contributed by atoms with E-state index in [2.05, 4.69) is 33.3 Å². The zero-order valence-corrected chi connectivity index (χ0v) is 12.8. The number of rotatable bonds is 5. The minimum Gasteiger partial charge on any atom is -0.477 e. The van der Waals surface area contributed by atoms with Crippen LogP contribution in [0.5, 0.6) is 5.88 Å². The average molecular weight is 300 g/mol. The van der Waals surface area contributed by atoms with Crippen LogP contribution in [0.15, 0.2) is 30.5 Å². The van der Waals surface area contributed by atoms with Gasteiger partial charge in [-0.25, -0.2) is 4.98 Å². The molecule has 0 radical (unpaired) electrons. The Morgan fingerprint density at radius 1 is 1.29 bits per heavy atom. The van der Waals surface area contributed by atoms with Crippen LogP contribution in [0.3, 0.4) is 0 Å². The molecule has 0 saturated carbocycles. The van der Waals surface area contributed by atoms with Crippen molar-refractivity contribution in [3.63, 3.8) is 0 Å². The third-order valence-corrected chi connectivity index (χ3v) is 3.97. The molecule has 3 aromatic heterocycles. The number of aryl methyl sites for hydroxylation is 1. The molecule has 0 aliphatic carbocycles. The first-order chi connectivity index (χ1) is 10.3. The van der Waals surface area contributed by atoms with E-state index in [1.165, 1.54) is 4.88 Å². The first kappa shape index (κ1) is 13.8. The molecule has 0 amide bonds. The van der Waals surface area contributed by atoms with Crippen LogP contribution in [0.4, 0.5) is 5.95 Å². The fourth-order valence-corrected chi connectivity index (χ4v) is 2.91. The van der Waals surface area contributed by atoms with Crippen LogP contribution in [0, 0.1) is 6.92 Å². The Morgan fingerprint density at radius 3 is 2.95 bits per heavy atom. The van der Waals surface area contributed by atoms with Crippen molar-refractivity contribution < 1.29 is 4.74 Å². The molecule has 0 aromatic carbocycles. The molecule has 0 bridgehead atoms. The molecule has 0 aliphatic heterocycles. The van der Waals surface area contributed by atoms with E-state index in [-0.39, 0.29) is 0 Å². The van der Waals surface area contributed by atoms with Gasteiger partial charge >= 0.3 is 0 Å². The maximum Gasteiger partial charge on any atom is 0.227 e. The molecular formula is C15H16N4OS. The number of nitrogens with one attached hydrogen (secondary N) is 1. The highest BCUT2D eigenvalue weighted by Crippen LogP contribution is 2.30. The van der Waals surface area contributed by atoms with Gasteiger partial charge in [0.15, 0.2) is 0 Å². The largest absolute Gasteiger partial charge is 0.477 e. The molecule has 0 spiro atoms. The predicted molar refractivity (Wildman–Crippen MR) is 85.1 cm³/mol. The summed E-state index contributed by atoms with van der Waals surface area (Å²) in [6.45, 7) is 2.60. The minimum absolute atomic E-state index is 0.543. The van der Waals surface area contributed by atoms with Gasteiger partial charge in [-0.1, -0.05) is 6.07 Å². The highest BCUT2D eigenvalue weighted by atomic mass is 32.1. The van der Waals surface area contributed by atoms with Gasteiger partial charge in [-0.15, -0.1) is 11.3 Å². The zero-order valence-electron chi connectivity index (χ0n) is 12.0. The second-order valence-electron chi connectivity index (χ2n) is 4.60. The van der Waals surface area contributed by atoms with E-state index in [1.807, 2.05) is 18.2 Å². The van der Waals surface area contributed by atoms with E-state index >= 15 is 0 Å². The van der Waals surface area contributed by atoms with E-state index in [9.17, 15) is 0 Å². The number of hydrogen-bond donors (Lipinski definition) is 1. The smallest absolute Gasteiger partial charge is 0.227 e. The molecule has 0 saturated heterocycles. The molecule has 108 valence electrons. The van der Waals surface area contributed by atoms with Crippen LogP contribution in [-0.2, 0) is 6.42 Å². The van der Waals surface area contributed by atoms with E-state index in [4.69, 9.17) is 4.74 Å². The van der Waals surface area contributed by atoms with Crippen LogP contribution >= 0.6 is 11.3 Å². The summed E-state index contributed by atoms with van der Waals surface area (Å²) in [5.74, 6) is 1.21. The lowest BCUT2D eigenvalue weighted by Crippen LogP contribution is -2.06. The Bertz CT molecular complexity index is 742. The van der Waals surface area contributed by atoms with Gasteiger partial charge in [-0.2, -0.15) is 4.98 Å². The van der Waals surface area contributed by atoms with Crippen LogP contribution in [0.2, 0.25) is 0 Å². The maximum atomic E-state index is 5.85. The van der Waals surface area contributed by atoms with E-state index in [0.717, 1.165) is 22.3 Å². The molecule has 0 aliphatic rings. The van der Waals surface area contributed by atoms with Crippen LogP contribution in [-0.4, -0.2) is 28.6 Å². The first-order valence-electron chi connectivity index (χ1n) is 6.75. The minimum atomic E-state index is 0.543. The number of thiophene rings is 1. The second kappa shape index (κ2) is 6.05. The lowest BCUT2D eigenvalue weighted by Gasteiger charge is -2.07. The topological polar surface area (TPSA) is 59.9 Å². The summed E-state index contributed by atoms with van der Waals surface area (Å²) in [5.41, 5.74) is 1.01. The molecule has 6 heteroatoms. The van der Waals surface area contributed by atoms with Crippen molar-refractivity contribution in [3.8, 4) is 5.88 Å². The fourth-order valence-electron chi connectivity index (χ4n) is 2.04. The molecule has 3 heterocycles. The number of hydrogen-bond acceptors (Lipinski definition) is 6. The number of ether oxygens (including phenoxy) is 1. The Hall–Kier alpha value is -2.21. The normalized spacial score (nSPS) is 10.8. The molecule has 1 N–H and O–H groups in total. The molecule has 21 heavy (non-hydrogen) atoms. The third kappa shape index (κ3) is 3.11. The molecule has 0 unspecified atom stereocenters. The molecule has 3 rings (SSSR count). The van der Waals surface area contributed by atoms with Crippen molar-refractivity contribution in [1.82, 2.24) is 15.0 Å². The Labute approximate surface area is 127 Å². The van der Waals surface area contributed by atoms with Crippen LogP contribution in [0.1, 0.15) is 10.6 Å². The number of pyridine rings is 1. The van der Waals surface area contributed by atoms with E-state index < -0.39 is 0 Å². The highest BCUT2D eigenvalue weighted by molar-refractivity contribution is 7.18. The van der Waals surface area contributed by atoms with E-state index in [0.29, 0.717) is 18.4 Å². The summed E-state index contributed by atoms with van der Waals surface area (Å²) in [6, 6.07) is 7.94. The first-order valence-corrected chi connectivity index (χ1v) is 7.56. The van der Waals surface area contributed by atoms with Crippen molar-refractivity contribution in [2.24, 2.45) is 0 Å². The fraction of sp³-hybridized carbons (Fsp3) is 0.267. The second-order valence-corrected chi connectivity index (χ2v) is 5.83. The van der Waals surface area contributed by atoms with Gasteiger partial charge in [0.1, 0.15) is 4.83 Å². The van der Waals surface area contributed by atoms with Gasteiger partial charge in [0.2, 0.25) is 11.8 Å². The van der Waals surface area contributed by atoms with Crippen molar-refractivity contribution >= 4 is 27.5 Å². The van der Waals surface area contributed by atoms with Gasteiger partial charge in [-0.05, 0) is 25.1 Å².